The number of aromatic carboxylic acids is 2. The standard InChI is InChI=1S/2C7H5NO4.2C7H7.Pb/c2*9-7(10)5-2-1-3-6(4-5)8(11)12;2*1-7-5-3-2-4-6-7;/h2*1-4H,(H,9,10);2*2-6H,1H2;. The van der Waals surface area contributed by atoms with Crippen LogP contribution < -0.4 is 0 Å². The number of non-ortho nitro benzene ring substituents is 2. The van der Waals surface area contributed by atoms with Crippen LogP contribution >= 0.6 is 0 Å². The summed E-state index contributed by atoms with van der Waals surface area (Å²) in [6.45, 7) is 0. The Morgan fingerprint density at radius 3 is 1.26 bits per heavy atom. The molecule has 0 amide bonds. The first kappa shape index (κ1) is 30.8. The second-order valence-corrected chi connectivity index (χ2v) is 12.5. The Morgan fingerprint density at radius 2 is 0.949 bits per heavy atom. The van der Waals surface area contributed by atoms with E-state index in [1.165, 1.54) is 55.5 Å². The van der Waals surface area contributed by atoms with Crippen molar-refractivity contribution in [2.75, 3.05) is 0 Å². The number of nitrogens with zero attached hydrogens (tertiary/aromatic N) is 2. The van der Waals surface area contributed by atoms with Gasteiger partial charge < -0.3 is 10.2 Å². The van der Waals surface area contributed by atoms with Gasteiger partial charge in [0.25, 0.3) is 11.4 Å². The van der Waals surface area contributed by atoms with Crippen LogP contribution in [0.5, 0.6) is 0 Å². The molecule has 2 radical (unpaired) electrons. The molecule has 4 aromatic rings. The molecular formula is C28H24N2O8Pb. The zero-order valence-electron chi connectivity index (χ0n) is 20.5. The first-order valence-electron chi connectivity index (χ1n) is 11.4. The summed E-state index contributed by atoms with van der Waals surface area (Å²) < 4.78 is 2.74. The first-order valence-corrected chi connectivity index (χ1v) is 16.9. The predicted molar refractivity (Wildman–Crippen MR) is 146 cm³/mol. The van der Waals surface area contributed by atoms with Gasteiger partial charge in [-0.3, -0.25) is 20.2 Å². The molecule has 0 aliphatic rings. The average molecular weight is 724 g/mol. The minimum atomic E-state index is -1.17. The summed E-state index contributed by atoms with van der Waals surface area (Å²) >= 11 is -0.471. The van der Waals surface area contributed by atoms with Gasteiger partial charge in [0.1, 0.15) is 0 Å². The molecule has 0 unspecified atom stereocenters. The fraction of sp³-hybridized carbons (Fsp3) is 0.0714. The molecule has 4 rings (SSSR count). The van der Waals surface area contributed by atoms with Crippen LogP contribution in [0.2, 0.25) is 0 Å². The fourth-order valence-corrected chi connectivity index (χ4v) is 7.61. The zero-order valence-corrected chi connectivity index (χ0v) is 24.4. The molecule has 0 saturated carbocycles. The second kappa shape index (κ2) is 16.4. The number of hydrogen-bond acceptors (Lipinski definition) is 6. The molecule has 198 valence electrons. The third-order valence-corrected chi connectivity index (χ3v) is 10.1. The number of rotatable bonds is 8. The number of hydrogen-bond donors (Lipinski definition) is 2. The summed E-state index contributed by atoms with van der Waals surface area (Å²) in [5, 5.41) is 37.3. The SMILES string of the molecule is O=C(O)c1cccc([N+](=O)[O-])c1.O=C(O)c1cccc([N+](=O)[O-])c1.c1ccc([CH2][Pb][CH2]c2ccccc2)cc1. The van der Waals surface area contributed by atoms with Crippen LogP contribution in [0.1, 0.15) is 31.8 Å². The van der Waals surface area contributed by atoms with Crippen molar-refractivity contribution in [1.82, 2.24) is 0 Å². The van der Waals surface area contributed by atoms with Gasteiger partial charge in [0.05, 0.1) is 21.0 Å². The van der Waals surface area contributed by atoms with Crippen LogP contribution in [-0.2, 0) is 7.96 Å². The van der Waals surface area contributed by atoms with Crippen molar-refractivity contribution in [2.45, 2.75) is 7.96 Å². The fourth-order valence-electron chi connectivity index (χ4n) is 3.05. The van der Waals surface area contributed by atoms with E-state index in [-0.39, 0.29) is 22.5 Å². The number of carbonyl (C=O) groups is 2. The topological polar surface area (TPSA) is 161 Å². The van der Waals surface area contributed by atoms with Crippen molar-refractivity contribution in [3.8, 4) is 0 Å². The summed E-state index contributed by atoms with van der Waals surface area (Å²) in [5.74, 6) is -2.34. The summed E-state index contributed by atoms with van der Waals surface area (Å²) in [5.41, 5.74) is 2.46. The normalized spacial score (nSPS) is 9.64. The second-order valence-electron chi connectivity index (χ2n) is 7.80. The molecule has 39 heavy (non-hydrogen) atoms. The van der Waals surface area contributed by atoms with Gasteiger partial charge in [-0.25, -0.2) is 9.59 Å². The molecule has 11 heteroatoms. The van der Waals surface area contributed by atoms with Crippen LogP contribution in [0.4, 0.5) is 11.4 Å². The van der Waals surface area contributed by atoms with E-state index >= 15 is 0 Å². The van der Waals surface area contributed by atoms with Crippen LogP contribution in [0.25, 0.3) is 0 Å². The van der Waals surface area contributed by atoms with Crippen molar-refractivity contribution in [2.24, 2.45) is 0 Å². The zero-order chi connectivity index (χ0) is 28.6. The van der Waals surface area contributed by atoms with E-state index in [1.54, 1.807) is 0 Å². The molecule has 0 heterocycles. The molecule has 0 bridgehead atoms. The molecular weight excluding hydrogens is 700 g/mol. The Bertz CT molecular complexity index is 1230. The number of benzene rings is 4. The van der Waals surface area contributed by atoms with E-state index in [4.69, 9.17) is 10.2 Å². The van der Waals surface area contributed by atoms with E-state index in [1.807, 2.05) is 0 Å². The van der Waals surface area contributed by atoms with Crippen molar-refractivity contribution >= 4 is 47.5 Å². The van der Waals surface area contributed by atoms with E-state index in [0.717, 1.165) is 12.1 Å². The molecule has 0 aliphatic heterocycles. The summed E-state index contributed by atoms with van der Waals surface area (Å²) in [4.78, 5) is 39.8. The predicted octanol–water partition coefficient (Wildman–Crippen LogP) is 5.68. The molecule has 10 nitrogen and oxygen atoms in total. The van der Waals surface area contributed by atoms with Gasteiger partial charge in [0, 0.05) is 24.3 Å². The molecule has 4 aromatic carbocycles. The number of nitro groups is 2. The van der Waals surface area contributed by atoms with Crippen molar-refractivity contribution in [3.05, 3.63) is 152 Å². The van der Waals surface area contributed by atoms with Crippen LogP contribution in [0.3, 0.4) is 0 Å². The van der Waals surface area contributed by atoms with E-state index in [0.29, 0.717) is 0 Å². The Kier molecular flexibility index (Phi) is 12.9. The molecule has 0 aromatic heterocycles. The maximum absolute atomic E-state index is 10.4. The van der Waals surface area contributed by atoms with Gasteiger partial charge in [-0.15, -0.1) is 0 Å². The molecule has 0 atom stereocenters. The van der Waals surface area contributed by atoms with Crippen LogP contribution in [0, 0.1) is 20.2 Å². The quantitative estimate of drug-likeness (QED) is 0.134. The van der Waals surface area contributed by atoms with E-state index in [2.05, 4.69) is 60.7 Å². The average Bonchev–Trinajstić information content (AvgIpc) is 2.95. The third-order valence-electron chi connectivity index (χ3n) is 4.95. The Morgan fingerprint density at radius 1 is 0.590 bits per heavy atom. The van der Waals surface area contributed by atoms with Crippen molar-refractivity contribution in [3.63, 3.8) is 0 Å². The summed E-state index contributed by atoms with van der Waals surface area (Å²) in [7, 11) is 0. The molecule has 0 spiro atoms. The Balaban J connectivity index is 0.000000207. The number of nitro benzene ring substituents is 2. The van der Waals surface area contributed by atoms with Gasteiger partial charge >= 0.3 is 116 Å². The van der Waals surface area contributed by atoms with Crippen LogP contribution in [0.15, 0.2) is 109 Å². The first-order chi connectivity index (χ1) is 18.7. The van der Waals surface area contributed by atoms with Gasteiger partial charge in [-0.05, 0) is 12.1 Å². The molecule has 2 N–H and O–H groups in total. The van der Waals surface area contributed by atoms with Crippen molar-refractivity contribution < 1.29 is 29.6 Å². The van der Waals surface area contributed by atoms with Crippen molar-refractivity contribution in [1.29, 1.82) is 0 Å². The molecule has 0 saturated heterocycles. The number of carboxylic acids is 2. The van der Waals surface area contributed by atoms with E-state index < -0.39 is 46.0 Å². The monoisotopic (exact) mass is 724 g/mol. The summed E-state index contributed by atoms with van der Waals surface area (Å²) in [6.07, 6.45) is 0. The van der Waals surface area contributed by atoms with Gasteiger partial charge in [-0.1, -0.05) is 12.1 Å². The number of carboxylic acid groups (broad SMARTS) is 2. The van der Waals surface area contributed by atoms with Gasteiger partial charge in [0.15, 0.2) is 0 Å². The minimum absolute atomic E-state index is 0.0794. The molecule has 0 aliphatic carbocycles. The van der Waals surface area contributed by atoms with Crippen LogP contribution in [-0.4, -0.2) is 56.2 Å². The molecule has 0 fully saturated rings. The third kappa shape index (κ3) is 11.6. The van der Waals surface area contributed by atoms with Gasteiger partial charge in [0.2, 0.25) is 0 Å². The van der Waals surface area contributed by atoms with E-state index in [9.17, 15) is 29.8 Å². The maximum atomic E-state index is 10.4. The summed E-state index contributed by atoms with van der Waals surface area (Å²) in [6, 6.07) is 31.5. The Hall–Kier alpha value is -4.46. The Labute approximate surface area is 236 Å². The van der Waals surface area contributed by atoms with Gasteiger partial charge in [-0.2, -0.15) is 0 Å².